The van der Waals surface area contributed by atoms with Gasteiger partial charge in [0.2, 0.25) is 11.8 Å². The second kappa shape index (κ2) is 5.00. The molecule has 0 spiro atoms. The molecular weight excluding hydrogens is 273 g/mol. The lowest BCUT2D eigenvalue weighted by Gasteiger charge is -2.09. The molecule has 2 rings (SSSR count). The summed E-state index contributed by atoms with van der Waals surface area (Å²) in [5.74, 6) is 0.997. The first-order valence-corrected chi connectivity index (χ1v) is 5.96. The van der Waals surface area contributed by atoms with Gasteiger partial charge in [0.15, 0.2) is 0 Å². The summed E-state index contributed by atoms with van der Waals surface area (Å²) in [5, 5.41) is 0.961. The van der Waals surface area contributed by atoms with Crippen LogP contribution >= 0.6 is 23.2 Å². The third kappa shape index (κ3) is 2.83. The van der Waals surface area contributed by atoms with Crippen LogP contribution in [-0.2, 0) is 0 Å². The van der Waals surface area contributed by atoms with E-state index in [4.69, 9.17) is 33.7 Å². The summed E-state index contributed by atoms with van der Waals surface area (Å²) in [6, 6.07) is 5.14. The van der Waals surface area contributed by atoms with E-state index in [0.29, 0.717) is 11.6 Å². The predicted octanol–water partition coefficient (Wildman–Crippen LogP) is 3.77. The lowest BCUT2D eigenvalue weighted by Crippen LogP contribution is -1.97. The lowest BCUT2D eigenvalue weighted by atomic mass is 10.1. The number of aromatic nitrogens is 2. The average molecular weight is 284 g/mol. The van der Waals surface area contributed by atoms with E-state index < -0.39 is 0 Å². The standard InChI is InChI=1S/C12H11Cl2N3O/c1-6-3-8(4-7(2)11(6)14)18-10-5-9(13)16-12(15)17-10/h3-5H,1-2H3,(H2,15,16,17). The van der Waals surface area contributed by atoms with Gasteiger partial charge in [-0.1, -0.05) is 23.2 Å². The molecule has 0 atom stereocenters. The number of rotatable bonds is 2. The zero-order chi connectivity index (χ0) is 13.3. The number of hydrogen-bond donors (Lipinski definition) is 1. The maximum atomic E-state index is 6.08. The molecule has 0 radical (unpaired) electrons. The van der Waals surface area contributed by atoms with Gasteiger partial charge in [0.05, 0.1) is 0 Å². The highest BCUT2D eigenvalue weighted by Crippen LogP contribution is 2.29. The summed E-state index contributed by atoms with van der Waals surface area (Å²) in [6.07, 6.45) is 0. The number of halogens is 2. The van der Waals surface area contributed by atoms with Gasteiger partial charge in [0.1, 0.15) is 10.9 Å². The van der Waals surface area contributed by atoms with Gasteiger partial charge in [0.25, 0.3) is 0 Å². The molecule has 1 aromatic carbocycles. The van der Waals surface area contributed by atoms with Crippen molar-refractivity contribution in [2.24, 2.45) is 0 Å². The molecule has 0 bridgehead atoms. The second-order valence-corrected chi connectivity index (χ2v) is 4.63. The van der Waals surface area contributed by atoms with Crippen molar-refractivity contribution in [3.63, 3.8) is 0 Å². The van der Waals surface area contributed by atoms with Crippen molar-refractivity contribution in [2.75, 3.05) is 5.73 Å². The molecule has 4 nitrogen and oxygen atoms in total. The summed E-state index contributed by atoms with van der Waals surface area (Å²) in [4.78, 5) is 7.69. The van der Waals surface area contributed by atoms with Crippen LogP contribution in [0.2, 0.25) is 10.2 Å². The Morgan fingerprint density at radius 3 is 2.22 bits per heavy atom. The minimum atomic E-state index is 0.0694. The third-order valence-electron chi connectivity index (χ3n) is 2.32. The van der Waals surface area contributed by atoms with Gasteiger partial charge < -0.3 is 10.5 Å². The molecule has 18 heavy (non-hydrogen) atoms. The highest BCUT2D eigenvalue weighted by molar-refractivity contribution is 6.32. The number of aryl methyl sites for hydroxylation is 2. The van der Waals surface area contributed by atoms with Gasteiger partial charge in [-0.05, 0) is 37.1 Å². The van der Waals surface area contributed by atoms with Crippen LogP contribution in [0.15, 0.2) is 18.2 Å². The number of ether oxygens (including phenoxy) is 1. The minimum Gasteiger partial charge on any atom is -0.439 e. The molecule has 0 fully saturated rings. The Hall–Kier alpha value is -1.52. The molecule has 0 saturated heterocycles. The molecule has 0 aliphatic carbocycles. The first kappa shape index (κ1) is 12.9. The van der Waals surface area contributed by atoms with Crippen molar-refractivity contribution in [2.45, 2.75) is 13.8 Å². The number of hydrogen-bond acceptors (Lipinski definition) is 4. The molecule has 1 aromatic heterocycles. The van der Waals surface area contributed by atoms with E-state index in [9.17, 15) is 0 Å². The van der Waals surface area contributed by atoms with Gasteiger partial charge >= 0.3 is 0 Å². The Labute approximate surface area is 115 Å². The van der Waals surface area contributed by atoms with Gasteiger partial charge in [-0.25, -0.2) is 4.98 Å². The molecule has 2 N–H and O–H groups in total. The van der Waals surface area contributed by atoms with Gasteiger partial charge in [-0.15, -0.1) is 0 Å². The Bertz CT molecular complexity index is 559. The molecule has 0 aliphatic rings. The number of nitrogens with two attached hydrogens (primary N) is 1. The molecule has 6 heteroatoms. The molecule has 0 unspecified atom stereocenters. The first-order valence-electron chi connectivity index (χ1n) is 5.20. The van der Waals surface area contributed by atoms with Crippen LogP contribution in [0.4, 0.5) is 5.95 Å². The zero-order valence-corrected chi connectivity index (χ0v) is 11.4. The van der Waals surface area contributed by atoms with E-state index in [1.165, 1.54) is 6.07 Å². The molecule has 0 aliphatic heterocycles. The largest absolute Gasteiger partial charge is 0.439 e. The summed E-state index contributed by atoms with van der Waals surface area (Å²) < 4.78 is 5.58. The Morgan fingerprint density at radius 2 is 1.67 bits per heavy atom. The Morgan fingerprint density at radius 1 is 1.06 bits per heavy atom. The summed E-state index contributed by atoms with van der Waals surface area (Å²) in [6.45, 7) is 3.81. The summed E-state index contributed by atoms with van der Waals surface area (Å²) in [5.41, 5.74) is 7.35. The Balaban J connectivity index is 2.34. The lowest BCUT2D eigenvalue weighted by molar-refractivity contribution is 0.462. The average Bonchev–Trinajstić information content (AvgIpc) is 2.24. The van der Waals surface area contributed by atoms with Crippen molar-refractivity contribution < 1.29 is 4.74 Å². The third-order valence-corrected chi connectivity index (χ3v) is 3.11. The second-order valence-electron chi connectivity index (χ2n) is 3.86. The van der Waals surface area contributed by atoms with E-state index >= 15 is 0 Å². The number of anilines is 1. The molecule has 94 valence electrons. The van der Waals surface area contributed by atoms with Crippen LogP contribution in [0.3, 0.4) is 0 Å². The maximum Gasteiger partial charge on any atom is 0.225 e. The monoisotopic (exact) mass is 283 g/mol. The first-order chi connectivity index (χ1) is 8.45. The van der Waals surface area contributed by atoms with E-state index in [0.717, 1.165) is 16.1 Å². The minimum absolute atomic E-state index is 0.0694. The quantitative estimate of drug-likeness (QED) is 0.852. The van der Waals surface area contributed by atoms with Crippen molar-refractivity contribution in [3.05, 3.63) is 39.5 Å². The number of nitrogens with zero attached hydrogens (tertiary/aromatic N) is 2. The van der Waals surface area contributed by atoms with Crippen LogP contribution in [0.5, 0.6) is 11.6 Å². The van der Waals surface area contributed by atoms with E-state index in [1.807, 2.05) is 26.0 Å². The van der Waals surface area contributed by atoms with Crippen molar-refractivity contribution in [1.82, 2.24) is 9.97 Å². The fourth-order valence-corrected chi connectivity index (χ4v) is 1.84. The highest BCUT2D eigenvalue weighted by Gasteiger charge is 2.07. The highest BCUT2D eigenvalue weighted by atomic mass is 35.5. The molecule has 0 amide bonds. The van der Waals surface area contributed by atoms with Crippen LogP contribution in [0, 0.1) is 13.8 Å². The molecule has 2 aromatic rings. The van der Waals surface area contributed by atoms with Crippen molar-refractivity contribution in [3.8, 4) is 11.6 Å². The normalized spacial score (nSPS) is 10.4. The van der Waals surface area contributed by atoms with Crippen LogP contribution in [0.1, 0.15) is 11.1 Å². The summed E-state index contributed by atoms with van der Waals surface area (Å²) in [7, 11) is 0. The van der Waals surface area contributed by atoms with Crippen molar-refractivity contribution >= 4 is 29.2 Å². The van der Waals surface area contributed by atoms with E-state index in [-0.39, 0.29) is 11.1 Å². The van der Waals surface area contributed by atoms with Crippen LogP contribution < -0.4 is 10.5 Å². The molecule has 0 saturated carbocycles. The zero-order valence-electron chi connectivity index (χ0n) is 9.87. The fourth-order valence-electron chi connectivity index (χ4n) is 1.55. The summed E-state index contributed by atoms with van der Waals surface area (Å²) >= 11 is 11.9. The number of nitrogen functional groups attached to an aromatic ring is 1. The smallest absolute Gasteiger partial charge is 0.225 e. The van der Waals surface area contributed by atoms with Crippen molar-refractivity contribution in [1.29, 1.82) is 0 Å². The molecular formula is C12H11Cl2N3O. The van der Waals surface area contributed by atoms with Gasteiger partial charge in [-0.3, -0.25) is 0 Å². The van der Waals surface area contributed by atoms with E-state index in [2.05, 4.69) is 9.97 Å². The predicted molar refractivity (Wildman–Crippen MR) is 72.5 cm³/mol. The topological polar surface area (TPSA) is 61.0 Å². The van der Waals surface area contributed by atoms with Gasteiger partial charge in [-0.2, -0.15) is 4.98 Å². The Kier molecular flexibility index (Phi) is 3.59. The van der Waals surface area contributed by atoms with Crippen LogP contribution in [0.25, 0.3) is 0 Å². The number of benzene rings is 1. The molecule has 1 heterocycles. The fraction of sp³-hybridized carbons (Fsp3) is 0.167. The van der Waals surface area contributed by atoms with E-state index in [1.54, 1.807) is 0 Å². The van der Waals surface area contributed by atoms with Gasteiger partial charge in [0, 0.05) is 11.1 Å². The van der Waals surface area contributed by atoms with Crippen LogP contribution in [-0.4, -0.2) is 9.97 Å². The maximum absolute atomic E-state index is 6.08. The SMILES string of the molecule is Cc1cc(Oc2cc(Cl)nc(N)n2)cc(C)c1Cl.